The predicted octanol–water partition coefficient (Wildman–Crippen LogP) is 2.03. The van der Waals surface area contributed by atoms with Crippen molar-refractivity contribution in [3.05, 3.63) is 71.3 Å². The van der Waals surface area contributed by atoms with Crippen molar-refractivity contribution in [3.8, 4) is 0 Å². The van der Waals surface area contributed by atoms with Gasteiger partial charge in [-0.15, -0.1) is 0 Å². The molecule has 0 aliphatic carbocycles. The summed E-state index contributed by atoms with van der Waals surface area (Å²) in [4.78, 5) is 38.7. The molecule has 7 heteroatoms. The number of aromatic nitrogens is 2. The van der Waals surface area contributed by atoms with Gasteiger partial charge >= 0.3 is 0 Å². The van der Waals surface area contributed by atoms with Gasteiger partial charge in [-0.05, 0) is 25.0 Å². The highest BCUT2D eigenvalue weighted by Gasteiger charge is 2.67. The van der Waals surface area contributed by atoms with Gasteiger partial charge in [-0.1, -0.05) is 35.9 Å². The molecule has 5 rings (SSSR count). The van der Waals surface area contributed by atoms with Gasteiger partial charge in [0.15, 0.2) is 0 Å². The molecule has 1 spiro atoms. The second-order valence-electron chi connectivity index (χ2n) is 8.92. The zero-order chi connectivity index (χ0) is 21.8. The number of rotatable bonds is 5. The lowest BCUT2D eigenvalue weighted by atomic mass is 9.76. The number of ether oxygens (including phenoxy) is 1. The van der Waals surface area contributed by atoms with Gasteiger partial charge in [-0.3, -0.25) is 19.6 Å². The van der Waals surface area contributed by atoms with Gasteiger partial charge in [0.1, 0.15) is 5.60 Å². The summed E-state index contributed by atoms with van der Waals surface area (Å²) in [7, 11) is 1.74. The lowest BCUT2D eigenvalue weighted by Gasteiger charge is -2.27. The van der Waals surface area contributed by atoms with Crippen LogP contribution in [-0.4, -0.2) is 56.9 Å². The summed E-state index contributed by atoms with van der Waals surface area (Å²) >= 11 is 0. The molecule has 2 aromatic rings. The molecule has 2 saturated heterocycles. The van der Waals surface area contributed by atoms with Crippen molar-refractivity contribution in [2.45, 2.75) is 38.6 Å². The summed E-state index contributed by atoms with van der Waals surface area (Å²) < 4.78 is 6.26. The molecule has 1 aromatic heterocycles. The number of carbonyl (C=O) groups is 2. The van der Waals surface area contributed by atoms with E-state index in [0.29, 0.717) is 25.3 Å². The van der Waals surface area contributed by atoms with Crippen LogP contribution >= 0.6 is 0 Å². The lowest BCUT2D eigenvalue weighted by molar-refractivity contribution is -0.143. The summed E-state index contributed by atoms with van der Waals surface area (Å²) in [6.45, 7) is 5.47. The van der Waals surface area contributed by atoms with E-state index in [9.17, 15) is 9.59 Å². The van der Waals surface area contributed by atoms with Crippen molar-refractivity contribution in [3.63, 3.8) is 0 Å². The number of nitrogens with zero attached hydrogens (tertiary/aromatic N) is 4. The minimum absolute atomic E-state index is 0.000918. The van der Waals surface area contributed by atoms with Crippen LogP contribution in [0.25, 0.3) is 0 Å². The molecule has 0 unspecified atom stereocenters. The molecule has 0 N–H and O–H groups in total. The first-order valence-corrected chi connectivity index (χ1v) is 10.6. The van der Waals surface area contributed by atoms with Crippen LogP contribution in [0.5, 0.6) is 0 Å². The summed E-state index contributed by atoms with van der Waals surface area (Å²) in [5.41, 5.74) is 3.46. The van der Waals surface area contributed by atoms with Crippen molar-refractivity contribution < 1.29 is 14.3 Å². The molecule has 1 aromatic carbocycles. The molecule has 2 bridgehead atoms. The van der Waals surface area contributed by atoms with Crippen LogP contribution in [0.15, 0.2) is 48.9 Å². The fourth-order valence-corrected chi connectivity index (χ4v) is 5.16. The average Bonchev–Trinajstić information content (AvgIpc) is 3.39. The number of likely N-dealkylation sites (tertiary alicyclic amines) is 1. The van der Waals surface area contributed by atoms with Crippen LogP contribution in [0.3, 0.4) is 0 Å². The summed E-state index contributed by atoms with van der Waals surface area (Å²) in [6, 6.07) is 6.28. The van der Waals surface area contributed by atoms with E-state index in [4.69, 9.17) is 4.74 Å². The van der Waals surface area contributed by atoms with Crippen LogP contribution in [-0.2, 0) is 27.4 Å². The molecular weight excluding hydrogens is 392 g/mol. The van der Waals surface area contributed by atoms with Crippen LogP contribution in [0.2, 0.25) is 0 Å². The number of hydrogen-bond acceptors (Lipinski definition) is 5. The number of benzene rings is 1. The number of amides is 2. The Labute approximate surface area is 181 Å². The van der Waals surface area contributed by atoms with Gasteiger partial charge in [0.05, 0.1) is 42.9 Å². The van der Waals surface area contributed by atoms with Crippen molar-refractivity contribution in [2.75, 3.05) is 13.6 Å². The Morgan fingerprint density at radius 2 is 2.16 bits per heavy atom. The normalized spacial score (nSPS) is 28.3. The molecule has 3 aliphatic heterocycles. The van der Waals surface area contributed by atoms with Gasteiger partial charge < -0.3 is 14.5 Å². The number of aryl methyl sites for hydroxylation is 2. The van der Waals surface area contributed by atoms with Crippen LogP contribution in [0.4, 0.5) is 0 Å². The van der Waals surface area contributed by atoms with Crippen LogP contribution in [0, 0.1) is 25.7 Å². The molecule has 160 valence electrons. The van der Waals surface area contributed by atoms with E-state index in [1.807, 2.05) is 17.1 Å². The van der Waals surface area contributed by atoms with Crippen LogP contribution < -0.4 is 0 Å². The van der Waals surface area contributed by atoms with Gasteiger partial charge in [0.2, 0.25) is 11.8 Å². The highest BCUT2D eigenvalue weighted by Crippen LogP contribution is 2.52. The van der Waals surface area contributed by atoms with E-state index in [1.165, 1.54) is 5.56 Å². The van der Waals surface area contributed by atoms with Gasteiger partial charge in [0.25, 0.3) is 0 Å². The van der Waals surface area contributed by atoms with E-state index >= 15 is 0 Å². The number of fused-ring (bicyclic) bond motifs is 1. The Morgan fingerprint density at radius 3 is 2.94 bits per heavy atom. The maximum atomic E-state index is 13.5. The van der Waals surface area contributed by atoms with Gasteiger partial charge in [0, 0.05) is 26.0 Å². The molecule has 3 aliphatic rings. The molecule has 4 atom stereocenters. The van der Waals surface area contributed by atoms with Crippen molar-refractivity contribution >= 4 is 11.8 Å². The van der Waals surface area contributed by atoms with E-state index in [0.717, 1.165) is 11.1 Å². The maximum Gasteiger partial charge on any atom is 0.230 e. The smallest absolute Gasteiger partial charge is 0.230 e. The van der Waals surface area contributed by atoms with Crippen LogP contribution in [0.1, 0.15) is 22.4 Å². The predicted molar refractivity (Wildman–Crippen MR) is 114 cm³/mol. The number of hydrogen-bond donors (Lipinski definition) is 0. The lowest BCUT2D eigenvalue weighted by Crippen LogP contribution is -2.44. The molecule has 7 nitrogen and oxygen atoms in total. The molecule has 4 heterocycles. The molecular formula is C24H26N4O3. The van der Waals surface area contributed by atoms with Crippen molar-refractivity contribution in [2.24, 2.45) is 11.8 Å². The van der Waals surface area contributed by atoms with Gasteiger partial charge in [-0.2, -0.15) is 0 Å². The van der Waals surface area contributed by atoms with E-state index < -0.39 is 17.4 Å². The minimum Gasteiger partial charge on any atom is -0.360 e. The Hall–Kier alpha value is -3.06. The highest BCUT2D eigenvalue weighted by molar-refractivity contribution is 5.93. The topological polar surface area (TPSA) is 75.6 Å². The Bertz CT molecular complexity index is 1070. The third kappa shape index (κ3) is 3.24. The third-order valence-corrected chi connectivity index (χ3v) is 6.72. The van der Waals surface area contributed by atoms with Crippen molar-refractivity contribution in [1.82, 2.24) is 19.8 Å². The summed E-state index contributed by atoms with van der Waals surface area (Å²) in [5.74, 6) is -1.08. The van der Waals surface area contributed by atoms with E-state index in [2.05, 4.69) is 42.0 Å². The third-order valence-electron chi connectivity index (χ3n) is 6.72. The first kappa shape index (κ1) is 19.9. The largest absolute Gasteiger partial charge is 0.360 e. The Morgan fingerprint density at radius 1 is 1.32 bits per heavy atom. The van der Waals surface area contributed by atoms with Crippen molar-refractivity contribution in [1.29, 1.82) is 0 Å². The second kappa shape index (κ2) is 7.27. The minimum atomic E-state index is -0.701. The quantitative estimate of drug-likeness (QED) is 0.695. The molecule has 0 radical (unpaired) electrons. The zero-order valence-corrected chi connectivity index (χ0v) is 18.0. The maximum absolute atomic E-state index is 13.5. The molecule has 2 fully saturated rings. The standard InChI is InChI=1S/C24H26N4O3/c1-15-4-5-16(2)17(10-15)12-28-14-24-7-6-19(31-24)20(21(24)23(28)30)22(29)27(3)13-18-11-25-8-9-26-18/h4-11,19-21H,12-14H2,1-3H3/t19-,20-,21+,24-/m0/s1. The second-order valence-corrected chi connectivity index (χ2v) is 8.92. The summed E-state index contributed by atoms with van der Waals surface area (Å²) in [6.07, 6.45) is 8.45. The Balaban J connectivity index is 1.37. The van der Waals surface area contributed by atoms with Gasteiger partial charge in [-0.25, -0.2) is 0 Å². The summed E-state index contributed by atoms with van der Waals surface area (Å²) in [5, 5.41) is 0. The molecule has 31 heavy (non-hydrogen) atoms. The first-order chi connectivity index (χ1) is 14.9. The van der Waals surface area contributed by atoms with E-state index in [-0.39, 0.29) is 17.9 Å². The Kier molecular flexibility index (Phi) is 4.66. The SMILES string of the molecule is Cc1ccc(C)c(CN2C[C@]34C=C[C@H](O3)[C@H](C(=O)N(C)Cc3cnccn3)[C@@H]4C2=O)c1. The fraction of sp³-hybridized carbons (Fsp3) is 0.417. The molecule has 2 amide bonds. The highest BCUT2D eigenvalue weighted by atomic mass is 16.5. The first-order valence-electron chi connectivity index (χ1n) is 10.6. The monoisotopic (exact) mass is 418 g/mol. The number of carbonyl (C=O) groups excluding carboxylic acids is 2. The average molecular weight is 418 g/mol. The fourth-order valence-electron chi connectivity index (χ4n) is 5.16. The zero-order valence-electron chi connectivity index (χ0n) is 18.0. The van der Waals surface area contributed by atoms with E-state index in [1.54, 1.807) is 30.5 Å². The molecule has 0 saturated carbocycles.